The molecule has 4 aromatic rings. The van der Waals surface area contributed by atoms with E-state index in [1.807, 2.05) is 60.7 Å². The van der Waals surface area contributed by atoms with Crippen LogP contribution in [0.2, 0.25) is 0 Å². The van der Waals surface area contributed by atoms with Crippen LogP contribution < -0.4 is 10.2 Å². The molecule has 0 radical (unpaired) electrons. The van der Waals surface area contributed by atoms with Crippen LogP contribution in [-0.2, 0) is 0 Å². The van der Waals surface area contributed by atoms with Gasteiger partial charge in [0.1, 0.15) is 17.2 Å². The van der Waals surface area contributed by atoms with Gasteiger partial charge in [-0.25, -0.2) is 10.1 Å². The van der Waals surface area contributed by atoms with Gasteiger partial charge in [-0.05, 0) is 37.3 Å². The minimum atomic E-state index is -0.409. The first-order valence-electron chi connectivity index (χ1n) is 9.99. The number of aromatic hydroxyl groups is 1. The van der Waals surface area contributed by atoms with Crippen molar-refractivity contribution in [1.29, 1.82) is 0 Å². The van der Waals surface area contributed by atoms with Crippen LogP contribution in [0.15, 0.2) is 90.2 Å². The van der Waals surface area contributed by atoms with Gasteiger partial charge in [0.2, 0.25) is 0 Å². The molecule has 1 amide bonds. The fraction of sp³-hybridized carbons (Fsp3) is 0.0800. The van der Waals surface area contributed by atoms with E-state index >= 15 is 0 Å². The Labute approximate surface area is 185 Å². The highest BCUT2D eigenvalue weighted by atomic mass is 16.5. The molecule has 0 fully saturated rings. The summed E-state index contributed by atoms with van der Waals surface area (Å²) in [5, 5.41) is 19.0. The van der Waals surface area contributed by atoms with Crippen molar-refractivity contribution in [3.8, 4) is 28.4 Å². The van der Waals surface area contributed by atoms with Gasteiger partial charge < -0.3 is 9.84 Å². The summed E-state index contributed by atoms with van der Waals surface area (Å²) in [6, 6.07) is 23.9. The van der Waals surface area contributed by atoms with Crippen molar-refractivity contribution in [3.63, 3.8) is 0 Å². The van der Waals surface area contributed by atoms with Crippen molar-refractivity contribution in [2.45, 2.75) is 6.92 Å². The molecule has 7 heteroatoms. The summed E-state index contributed by atoms with van der Waals surface area (Å²) in [7, 11) is 1.54. The number of para-hydroxylation sites is 1. The lowest BCUT2D eigenvalue weighted by atomic mass is 10.1. The third-order valence-corrected chi connectivity index (χ3v) is 4.95. The van der Waals surface area contributed by atoms with E-state index in [9.17, 15) is 9.90 Å². The maximum atomic E-state index is 13.1. The average Bonchev–Trinajstić information content (AvgIpc) is 3.29. The average molecular weight is 426 g/mol. The van der Waals surface area contributed by atoms with E-state index < -0.39 is 5.91 Å². The zero-order chi connectivity index (χ0) is 22.5. The van der Waals surface area contributed by atoms with Crippen LogP contribution in [0.25, 0.3) is 16.9 Å². The maximum Gasteiger partial charge on any atom is 0.275 e. The van der Waals surface area contributed by atoms with Crippen molar-refractivity contribution in [2.75, 3.05) is 7.11 Å². The Kier molecular flexibility index (Phi) is 5.98. The number of hydrogen-bond donors (Lipinski definition) is 2. The van der Waals surface area contributed by atoms with Gasteiger partial charge in [0.15, 0.2) is 0 Å². The number of aromatic nitrogens is 2. The summed E-state index contributed by atoms with van der Waals surface area (Å²) in [5.74, 6) is 0.213. The number of phenols is 1. The van der Waals surface area contributed by atoms with Crippen molar-refractivity contribution in [3.05, 3.63) is 96.2 Å². The molecule has 0 aliphatic carbocycles. The molecule has 0 bridgehead atoms. The van der Waals surface area contributed by atoms with Crippen LogP contribution in [0.3, 0.4) is 0 Å². The van der Waals surface area contributed by atoms with E-state index in [0.717, 1.165) is 11.3 Å². The SMILES string of the molecule is COc1ccc(O)c(/C(C)=N/NC(=O)c2cn(-c3ccccc3)nc2-c2ccccc2)c1. The van der Waals surface area contributed by atoms with Gasteiger partial charge in [-0.2, -0.15) is 10.2 Å². The molecule has 0 saturated heterocycles. The Morgan fingerprint density at radius 1 is 1.00 bits per heavy atom. The first kappa shape index (κ1) is 20.9. The predicted molar refractivity (Wildman–Crippen MR) is 123 cm³/mol. The fourth-order valence-corrected chi connectivity index (χ4v) is 3.25. The molecule has 3 aromatic carbocycles. The second kappa shape index (κ2) is 9.18. The van der Waals surface area contributed by atoms with Gasteiger partial charge in [0, 0.05) is 17.3 Å². The Hall–Kier alpha value is -4.39. The summed E-state index contributed by atoms with van der Waals surface area (Å²) in [6.07, 6.45) is 1.68. The summed E-state index contributed by atoms with van der Waals surface area (Å²) in [5.41, 5.74) is 6.06. The zero-order valence-electron chi connectivity index (χ0n) is 17.7. The van der Waals surface area contributed by atoms with E-state index in [-0.39, 0.29) is 5.75 Å². The molecule has 2 N–H and O–H groups in total. The quantitative estimate of drug-likeness (QED) is 0.353. The largest absolute Gasteiger partial charge is 0.507 e. The third kappa shape index (κ3) is 4.37. The second-order valence-electron chi connectivity index (χ2n) is 7.06. The number of amides is 1. The Morgan fingerprint density at radius 2 is 1.69 bits per heavy atom. The highest BCUT2D eigenvalue weighted by Crippen LogP contribution is 2.25. The van der Waals surface area contributed by atoms with Gasteiger partial charge in [-0.3, -0.25) is 4.79 Å². The van der Waals surface area contributed by atoms with Gasteiger partial charge >= 0.3 is 0 Å². The van der Waals surface area contributed by atoms with Gasteiger partial charge in [0.05, 0.1) is 24.1 Å². The van der Waals surface area contributed by atoms with Crippen LogP contribution in [0, 0.1) is 0 Å². The molecule has 4 rings (SSSR count). The van der Waals surface area contributed by atoms with Crippen LogP contribution in [0.4, 0.5) is 0 Å². The van der Waals surface area contributed by atoms with Gasteiger partial charge in [0.25, 0.3) is 5.91 Å². The van der Waals surface area contributed by atoms with E-state index in [4.69, 9.17) is 4.74 Å². The minimum absolute atomic E-state index is 0.0446. The maximum absolute atomic E-state index is 13.1. The topological polar surface area (TPSA) is 88.7 Å². The van der Waals surface area contributed by atoms with Crippen LogP contribution in [0.5, 0.6) is 11.5 Å². The number of carbonyl (C=O) groups is 1. The first-order valence-corrected chi connectivity index (χ1v) is 9.99. The monoisotopic (exact) mass is 426 g/mol. The highest BCUT2D eigenvalue weighted by molar-refractivity contribution is 6.04. The van der Waals surface area contributed by atoms with E-state index in [1.165, 1.54) is 6.07 Å². The number of phenolic OH excluding ortho intramolecular Hbond substituents is 1. The number of methoxy groups -OCH3 is 1. The van der Waals surface area contributed by atoms with Crippen LogP contribution in [-0.4, -0.2) is 33.6 Å². The number of ether oxygens (including phenoxy) is 1. The lowest BCUT2D eigenvalue weighted by molar-refractivity contribution is 0.0955. The summed E-state index contributed by atoms with van der Waals surface area (Å²) in [4.78, 5) is 13.1. The summed E-state index contributed by atoms with van der Waals surface area (Å²) >= 11 is 0. The smallest absolute Gasteiger partial charge is 0.275 e. The molecule has 0 atom stereocenters. The van der Waals surface area contributed by atoms with E-state index in [2.05, 4.69) is 15.6 Å². The third-order valence-electron chi connectivity index (χ3n) is 4.95. The molecule has 0 spiro atoms. The molecular weight excluding hydrogens is 404 g/mol. The summed E-state index contributed by atoms with van der Waals surface area (Å²) in [6.45, 7) is 1.69. The van der Waals surface area contributed by atoms with Gasteiger partial charge in [-0.1, -0.05) is 48.5 Å². The predicted octanol–water partition coefficient (Wildman–Crippen LogP) is 4.41. The number of carbonyl (C=O) groups excluding carboxylic acids is 1. The molecule has 160 valence electrons. The molecular formula is C25H22N4O3. The fourth-order valence-electron chi connectivity index (χ4n) is 3.25. The number of hydrazone groups is 1. The Morgan fingerprint density at radius 3 is 2.38 bits per heavy atom. The number of hydrogen-bond acceptors (Lipinski definition) is 5. The summed E-state index contributed by atoms with van der Waals surface area (Å²) < 4.78 is 6.87. The number of benzene rings is 3. The molecule has 0 unspecified atom stereocenters. The Balaban J connectivity index is 1.67. The molecule has 0 aliphatic rings. The Bertz CT molecular complexity index is 1270. The molecule has 0 aliphatic heterocycles. The van der Waals surface area contributed by atoms with Crippen molar-refractivity contribution in [2.24, 2.45) is 5.10 Å². The minimum Gasteiger partial charge on any atom is -0.507 e. The number of rotatable bonds is 6. The van der Waals surface area contributed by atoms with E-state index in [1.54, 1.807) is 37.0 Å². The number of nitrogens with zero attached hydrogens (tertiary/aromatic N) is 3. The number of nitrogens with one attached hydrogen (secondary N) is 1. The van der Waals surface area contributed by atoms with Crippen molar-refractivity contribution < 1.29 is 14.6 Å². The molecule has 1 heterocycles. The molecule has 0 saturated carbocycles. The second-order valence-corrected chi connectivity index (χ2v) is 7.06. The molecule has 32 heavy (non-hydrogen) atoms. The normalized spacial score (nSPS) is 11.2. The zero-order valence-corrected chi connectivity index (χ0v) is 17.7. The van der Waals surface area contributed by atoms with E-state index in [0.29, 0.717) is 28.3 Å². The van der Waals surface area contributed by atoms with Crippen molar-refractivity contribution >= 4 is 11.6 Å². The first-order chi connectivity index (χ1) is 15.6. The van der Waals surface area contributed by atoms with Crippen molar-refractivity contribution in [1.82, 2.24) is 15.2 Å². The molecule has 7 nitrogen and oxygen atoms in total. The lowest BCUT2D eigenvalue weighted by Gasteiger charge is -2.07. The molecule has 1 aromatic heterocycles. The van der Waals surface area contributed by atoms with Crippen LogP contribution >= 0.6 is 0 Å². The standard InChI is InChI=1S/C25H22N4O3/c1-17(21-15-20(32-2)13-14-23(21)30)26-27-25(31)22-16-29(19-11-7-4-8-12-19)28-24(22)18-9-5-3-6-10-18/h3-16,30H,1-2H3,(H,27,31)/b26-17+. The lowest BCUT2D eigenvalue weighted by Crippen LogP contribution is -2.19. The van der Waals surface area contributed by atoms with Crippen LogP contribution in [0.1, 0.15) is 22.8 Å². The van der Waals surface area contributed by atoms with Gasteiger partial charge in [-0.15, -0.1) is 0 Å². The highest BCUT2D eigenvalue weighted by Gasteiger charge is 2.19.